The van der Waals surface area contributed by atoms with E-state index in [-0.39, 0.29) is 71.2 Å². The molecule has 19 atom stereocenters. The number of hydrogen-bond donors (Lipinski definition) is 8. The SMILES string of the molecule is CCNC1COC(OC2C(O[C@H]3C#C/C=C\C#C[C@@](C)(O)C(=C/CSSSC)/C3=C(\NC(=O)OC)C(C)=O)OC(C)C(NOC3CC(O)C(SC(=O)c4c(C)c(I)c(OC5OC(C)C(O)C(OC)C5O)c(OC)c4OC)C(C)O3)C2O)CC1OC. The minimum atomic E-state index is -1.97. The Balaban J connectivity index is 1.26. The second-order valence-electron chi connectivity index (χ2n) is 20.2. The van der Waals surface area contributed by atoms with Crippen LogP contribution in [0.15, 0.2) is 35.1 Å². The molecule has 0 spiro atoms. The Bertz CT molecular complexity index is 2690. The van der Waals surface area contributed by atoms with Gasteiger partial charge in [-0.1, -0.05) is 70.0 Å². The van der Waals surface area contributed by atoms with Gasteiger partial charge in [-0.25, -0.2) is 4.79 Å². The van der Waals surface area contributed by atoms with Gasteiger partial charge in [-0.2, -0.15) is 5.48 Å². The summed E-state index contributed by atoms with van der Waals surface area (Å²) >= 11 is 2.82. The lowest BCUT2D eigenvalue weighted by Crippen LogP contribution is -2.65. The Morgan fingerprint density at radius 3 is 2.21 bits per heavy atom. The number of rotatable bonds is 23. The summed E-state index contributed by atoms with van der Waals surface area (Å²) in [4.78, 5) is 47.3. The van der Waals surface area contributed by atoms with Crippen LogP contribution in [0.2, 0.25) is 0 Å². The lowest BCUT2D eigenvalue weighted by Gasteiger charge is -2.46. The number of benzene rings is 1. The molecule has 4 saturated heterocycles. The number of likely N-dealkylation sites (N-methyl/N-ethyl adjacent to an activating group) is 1. The van der Waals surface area contributed by atoms with E-state index >= 15 is 0 Å². The first-order valence-corrected chi connectivity index (χ1v) is 33.2. The predicted molar refractivity (Wildman–Crippen MR) is 326 cm³/mol. The zero-order valence-corrected chi connectivity index (χ0v) is 54.9. The number of allylic oxidation sites excluding steroid dienone is 3. The third kappa shape index (κ3) is 17.5. The maximum absolute atomic E-state index is 14.4. The molecular weight excluding hydrogens is 1310 g/mol. The van der Waals surface area contributed by atoms with Gasteiger partial charge >= 0.3 is 6.09 Å². The molecule has 474 valence electrons. The van der Waals surface area contributed by atoms with Gasteiger partial charge in [-0.15, -0.1) is 0 Å². The molecular formula is C56H78IN3O21S4. The van der Waals surface area contributed by atoms with E-state index in [9.17, 15) is 39.9 Å². The number of Topliss-reactive ketones (excluding diaryl/α,β-unsaturated/α-hetero) is 1. The second-order valence-corrected chi connectivity index (χ2v) is 26.8. The van der Waals surface area contributed by atoms with E-state index in [0.717, 1.165) is 18.9 Å². The lowest BCUT2D eigenvalue weighted by atomic mass is 9.84. The zero-order valence-electron chi connectivity index (χ0n) is 49.4. The Kier molecular flexibility index (Phi) is 27.8. The Hall–Kier alpha value is -2.94. The van der Waals surface area contributed by atoms with Crippen LogP contribution in [0.1, 0.15) is 70.3 Å². The molecule has 24 nitrogen and oxygen atoms in total. The first-order valence-electron chi connectivity index (χ1n) is 27.2. The standard InChI is InChI=1S/C56H78IN3O21S4/c1-14-58-32-25-74-36(24-35(32)69-8)79-49-44(64)42(28(4)76-54(49)78-34-19-17-15-16-18-21-56(7,68)31(20-22-83-85-82-13)39(34)41(27(3)61)59-55(67)73-12)60-81-37-23-33(62)51(30(6)75-37)84-52(66)38-26(2)40(57)47(50(72-11)46(38)70-9)80-53-45(65)48(71-10)43(63)29(5)77-53/h15-16,20,28-30,32-37,42-45,48-49,51,53-54,58,60,62-65,68H,14,22-25H2,1-13H3,(H,59,67)/b16-15-,31-20+,41-39+/t28?,29?,30?,32?,33?,34-,35?,36?,37?,42?,43?,44?,45?,48?,49?,51?,53?,54?,56+/m0/s1. The summed E-state index contributed by atoms with van der Waals surface area (Å²) in [5.74, 6) is 11.3. The highest BCUT2D eigenvalue weighted by molar-refractivity contribution is 14.1. The number of thioether (sulfide) groups is 1. The van der Waals surface area contributed by atoms with Crippen LogP contribution in [-0.2, 0) is 52.3 Å². The first-order chi connectivity index (χ1) is 40.5. The largest absolute Gasteiger partial charge is 0.492 e. The molecule has 4 heterocycles. The van der Waals surface area contributed by atoms with Crippen LogP contribution in [0.3, 0.4) is 0 Å². The molecule has 4 fully saturated rings. The highest BCUT2D eigenvalue weighted by atomic mass is 127. The molecule has 17 unspecified atom stereocenters. The van der Waals surface area contributed by atoms with Crippen LogP contribution >= 0.6 is 65.8 Å². The fourth-order valence-electron chi connectivity index (χ4n) is 10.2. The van der Waals surface area contributed by atoms with Gasteiger partial charge in [-0.3, -0.25) is 19.7 Å². The zero-order chi connectivity index (χ0) is 62.4. The number of aliphatic hydroxyl groups is 5. The molecule has 1 aromatic rings. The molecule has 1 aliphatic carbocycles. The first kappa shape index (κ1) is 71.1. The van der Waals surface area contributed by atoms with Gasteiger partial charge in [-0.05, 0) is 97.6 Å². The van der Waals surface area contributed by atoms with E-state index in [1.54, 1.807) is 40.9 Å². The van der Waals surface area contributed by atoms with Crippen LogP contribution in [0.4, 0.5) is 4.79 Å². The van der Waals surface area contributed by atoms with Crippen LogP contribution in [0.25, 0.3) is 0 Å². The summed E-state index contributed by atoms with van der Waals surface area (Å²) < 4.78 is 72.6. The highest BCUT2D eigenvalue weighted by Gasteiger charge is 2.51. The van der Waals surface area contributed by atoms with Gasteiger partial charge in [0.25, 0.3) is 0 Å². The van der Waals surface area contributed by atoms with Gasteiger partial charge in [0.1, 0.15) is 42.2 Å². The second kappa shape index (κ2) is 33.2. The van der Waals surface area contributed by atoms with Crippen LogP contribution in [-0.4, -0.2) is 218 Å². The average molecular weight is 1380 g/mol. The summed E-state index contributed by atoms with van der Waals surface area (Å²) in [5, 5.41) is 62.6. The number of hydroxylamine groups is 1. The molecule has 0 saturated carbocycles. The van der Waals surface area contributed by atoms with Crippen LogP contribution < -0.4 is 30.3 Å². The van der Waals surface area contributed by atoms with Crippen molar-refractivity contribution in [2.45, 2.75) is 177 Å². The van der Waals surface area contributed by atoms with Crippen LogP contribution in [0.5, 0.6) is 17.2 Å². The van der Waals surface area contributed by atoms with Crippen molar-refractivity contribution in [1.82, 2.24) is 16.1 Å². The number of carbonyl (C=O) groups excluding carboxylic acids is 3. The summed E-state index contributed by atoms with van der Waals surface area (Å²) in [6.45, 7) is 12.0. The number of methoxy groups -OCH3 is 5. The van der Waals surface area contributed by atoms with Gasteiger partial charge in [0.2, 0.25) is 17.2 Å². The van der Waals surface area contributed by atoms with Crippen molar-refractivity contribution in [2.75, 3.05) is 60.7 Å². The molecule has 8 N–H and O–H groups in total. The van der Waals surface area contributed by atoms with E-state index in [4.69, 9.17) is 61.7 Å². The summed E-state index contributed by atoms with van der Waals surface area (Å²) in [7, 11) is 11.2. The third-order valence-electron chi connectivity index (χ3n) is 14.5. The number of ether oxygens (including phenoxy) is 12. The molecule has 5 aliphatic rings. The van der Waals surface area contributed by atoms with Crippen molar-refractivity contribution >= 4 is 82.8 Å². The van der Waals surface area contributed by atoms with E-state index in [1.165, 1.54) is 78.7 Å². The summed E-state index contributed by atoms with van der Waals surface area (Å²) in [6, 6.07) is -1.28. The Morgan fingerprint density at radius 2 is 1.58 bits per heavy atom. The average Bonchev–Trinajstić information content (AvgIpc) is 1.76. The molecule has 29 heteroatoms. The van der Waals surface area contributed by atoms with Gasteiger partial charge in [0.05, 0.1) is 90.6 Å². The van der Waals surface area contributed by atoms with E-state index in [0.29, 0.717) is 21.4 Å². The number of amides is 1. The molecule has 1 amide bonds. The van der Waals surface area contributed by atoms with Gasteiger partial charge < -0.3 is 87.7 Å². The topological polar surface area (TPSA) is 308 Å². The van der Waals surface area contributed by atoms with Crippen molar-refractivity contribution < 1.29 is 102 Å². The quantitative estimate of drug-likeness (QED) is 0.0193. The number of nitrogens with one attached hydrogen (secondary N) is 3. The maximum Gasteiger partial charge on any atom is 0.411 e. The Labute approximate surface area is 525 Å². The maximum atomic E-state index is 14.4. The third-order valence-corrected chi connectivity index (χ3v) is 21.0. The normalized spacial score (nSPS) is 35.5. The number of ketones is 1. The van der Waals surface area contributed by atoms with Gasteiger partial charge in [0, 0.05) is 50.9 Å². The molecule has 4 aliphatic heterocycles. The van der Waals surface area contributed by atoms with Crippen molar-refractivity contribution in [3.8, 4) is 40.9 Å². The minimum Gasteiger partial charge on any atom is -0.492 e. The molecule has 0 bridgehead atoms. The van der Waals surface area contributed by atoms with Crippen molar-refractivity contribution in [3.05, 3.63) is 49.8 Å². The summed E-state index contributed by atoms with van der Waals surface area (Å²) in [5.41, 5.74) is 1.19. The highest BCUT2D eigenvalue weighted by Crippen LogP contribution is 2.49. The number of hydrogen-bond acceptors (Lipinski definition) is 27. The Morgan fingerprint density at radius 1 is 0.871 bits per heavy atom. The van der Waals surface area contributed by atoms with Crippen molar-refractivity contribution in [3.63, 3.8) is 0 Å². The number of alkyl carbamates (subject to hydrolysis) is 1. The molecule has 85 heavy (non-hydrogen) atoms. The number of aliphatic hydroxyl groups excluding tert-OH is 4. The van der Waals surface area contributed by atoms with Crippen molar-refractivity contribution in [2.24, 2.45) is 0 Å². The fraction of sp³-hybridized carbons (Fsp3) is 0.661. The van der Waals surface area contributed by atoms with E-state index in [2.05, 4.69) is 39.8 Å². The summed E-state index contributed by atoms with van der Waals surface area (Å²) in [6.07, 6.45) is -11.6. The number of carbonyl (C=O) groups is 3. The molecule has 6 rings (SSSR count). The smallest absolute Gasteiger partial charge is 0.411 e. The van der Waals surface area contributed by atoms with Crippen molar-refractivity contribution in [1.29, 1.82) is 0 Å². The lowest BCUT2D eigenvalue weighted by molar-refractivity contribution is -0.336. The van der Waals surface area contributed by atoms with Gasteiger partial charge in [0.15, 0.2) is 36.2 Å². The predicted octanol–water partition coefficient (Wildman–Crippen LogP) is 3.83. The van der Waals surface area contributed by atoms with E-state index < -0.39 is 120 Å². The molecule has 1 aromatic carbocycles. The monoisotopic (exact) mass is 1380 g/mol. The minimum absolute atomic E-state index is 0.0245. The van der Waals surface area contributed by atoms with E-state index in [1.807, 2.05) is 35.8 Å². The fourth-order valence-corrected chi connectivity index (χ4v) is 14.4. The molecule has 0 aromatic heterocycles. The number of halogens is 1. The molecule has 0 radical (unpaired) electrons. The van der Waals surface area contributed by atoms with Crippen LogP contribution in [0, 0.1) is 34.2 Å².